The Kier molecular flexibility index (Phi) is 5.48. The molecule has 7 heteroatoms. The van der Waals surface area contributed by atoms with Gasteiger partial charge in [-0.25, -0.2) is 0 Å². The van der Waals surface area contributed by atoms with Crippen molar-refractivity contribution in [2.45, 2.75) is 6.54 Å². The van der Waals surface area contributed by atoms with Crippen LogP contribution in [0.3, 0.4) is 0 Å². The van der Waals surface area contributed by atoms with E-state index in [9.17, 15) is 4.79 Å². The maximum absolute atomic E-state index is 12.2. The van der Waals surface area contributed by atoms with Gasteiger partial charge in [0.05, 0.1) is 6.54 Å². The van der Waals surface area contributed by atoms with E-state index in [0.29, 0.717) is 18.4 Å². The summed E-state index contributed by atoms with van der Waals surface area (Å²) in [5.41, 5.74) is 1.94. The first kappa shape index (κ1) is 18.1. The van der Waals surface area contributed by atoms with Gasteiger partial charge < -0.3 is 14.8 Å². The van der Waals surface area contributed by atoms with Crippen molar-refractivity contribution in [2.24, 2.45) is 0 Å². The molecule has 0 atom stereocenters. The topological polar surface area (TPSA) is 54.0 Å². The van der Waals surface area contributed by atoms with Crippen LogP contribution in [-0.2, 0) is 11.3 Å². The van der Waals surface area contributed by atoms with Crippen LogP contribution < -0.4 is 14.8 Å². The molecule has 0 aliphatic carbocycles. The third kappa shape index (κ3) is 4.71. The highest BCUT2D eigenvalue weighted by Gasteiger charge is 2.20. The normalized spacial score (nSPS) is 17.1. The Labute approximate surface area is 163 Å². The minimum absolute atomic E-state index is 0.0125. The predicted molar refractivity (Wildman–Crippen MR) is 104 cm³/mol. The Balaban J connectivity index is 1.23. The highest BCUT2D eigenvalue weighted by Crippen LogP contribution is 2.32. The van der Waals surface area contributed by atoms with Crippen LogP contribution in [0.2, 0.25) is 5.02 Å². The van der Waals surface area contributed by atoms with Crippen LogP contribution in [0.1, 0.15) is 5.56 Å². The Hall–Kier alpha value is -2.28. The van der Waals surface area contributed by atoms with E-state index in [-0.39, 0.29) is 5.91 Å². The molecule has 2 aliphatic heterocycles. The van der Waals surface area contributed by atoms with Crippen molar-refractivity contribution in [1.82, 2.24) is 9.80 Å². The zero-order valence-electron chi connectivity index (χ0n) is 15.0. The second-order valence-corrected chi connectivity index (χ2v) is 7.23. The van der Waals surface area contributed by atoms with Gasteiger partial charge in [-0.15, -0.1) is 0 Å². The molecule has 142 valence electrons. The fourth-order valence-electron chi connectivity index (χ4n) is 3.37. The lowest BCUT2D eigenvalue weighted by molar-refractivity contribution is -0.117. The van der Waals surface area contributed by atoms with Crippen molar-refractivity contribution < 1.29 is 14.3 Å². The SMILES string of the molecule is O=C(CN1CCN(Cc2ccc3c(c2)OCO3)CC1)Nc1cccc(Cl)c1. The van der Waals surface area contributed by atoms with E-state index in [2.05, 4.69) is 21.2 Å². The average molecular weight is 388 g/mol. The van der Waals surface area contributed by atoms with E-state index < -0.39 is 0 Å². The predicted octanol–water partition coefficient (Wildman–Crippen LogP) is 2.83. The minimum atomic E-state index is -0.0125. The molecule has 27 heavy (non-hydrogen) atoms. The van der Waals surface area contributed by atoms with Gasteiger partial charge >= 0.3 is 0 Å². The quantitative estimate of drug-likeness (QED) is 0.855. The molecule has 6 nitrogen and oxygen atoms in total. The van der Waals surface area contributed by atoms with Gasteiger partial charge in [-0.2, -0.15) is 0 Å². The van der Waals surface area contributed by atoms with Crippen molar-refractivity contribution in [2.75, 3.05) is 44.8 Å². The second-order valence-electron chi connectivity index (χ2n) is 6.80. The maximum atomic E-state index is 12.2. The number of fused-ring (bicyclic) bond motifs is 1. The molecular formula is C20H22ClN3O3. The van der Waals surface area contributed by atoms with Crippen LogP contribution in [0.15, 0.2) is 42.5 Å². The smallest absolute Gasteiger partial charge is 0.238 e. The number of carbonyl (C=O) groups excluding carboxylic acids is 1. The molecule has 1 fully saturated rings. The first-order valence-electron chi connectivity index (χ1n) is 9.04. The Bertz CT molecular complexity index is 822. The summed E-state index contributed by atoms with van der Waals surface area (Å²) in [6, 6.07) is 13.3. The number of halogens is 1. The summed E-state index contributed by atoms with van der Waals surface area (Å²) in [7, 11) is 0. The number of rotatable bonds is 5. The molecule has 0 spiro atoms. The van der Waals surface area contributed by atoms with Gasteiger partial charge in [0.2, 0.25) is 12.7 Å². The van der Waals surface area contributed by atoms with E-state index in [1.165, 1.54) is 5.56 Å². The first-order chi connectivity index (χ1) is 13.2. The Morgan fingerprint density at radius 3 is 2.59 bits per heavy atom. The molecule has 0 bridgehead atoms. The molecule has 2 aromatic carbocycles. The number of nitrogens with zero attached hydrogens (tertiary/aromatic N) is 2. The number of ether oxygens (including phenoxy) is 2. The Morgan fingerprint density at radius 2 is 1.78 bits per heavy atom. The fraction of sp³-hybridized carbons (Fsp3) is 0.350. The number of benzene rings is 2. The van der Waals surface area contributed by atoms with E-state index in [4.69, 9.17) is 21.1 Å². The van der Waals surface area contributed by atoms with Gasteiger partial charge in [0, 0.05) is 43.4 Å². The summed E-state index contributed by atoms with van der Waals surface area (Å²) in [6.07, 6.45) is 0. The van der Waals surface area contributed by atoms with Gasteiger partial charge in [0.15, 0.2) is 11.5 Å². The largest absolute Gasteiger partial charge is 0.454 e. The van der Waals surface area contributed by atoms with E-state index >= 15 is 0 Å². The van der Waals surface area contributed by atoms with Gasteiger partial charge in [-0.1, -0.05) is 23.7 Å². The lowest BCUT2D eigenvalue weighted by Crippen LogP contribution is -2.48. The Morgan fingerprint density at radius 1 is 1.00 bits per heavy atom. The molecule has 1 amide bonds. The van der Waals surface area contributed by atoms with Crippen molar-refractivity contribution in [1.29, 1.82) is 0 Å². The average Bonchev–Trinajstić information content (AvgIpc) is 3.11. The zero-order chi connectivity index (χ0) is 18.6. The molecule has 2 aromatic rings. The monoisotopic (exact) mass is 387 g/mol. The van der Waals surface area contributed by atoms with E-state index in [0.717, 1.165) is 49.9 Å². The summed E-state index contributed by atoms with van der Waals surface area (Å²) in [6.45, 7) is 5.16. The van der Waals surface area contributed by atoms with Crippen molar-refractivity contribution >= 4 is 23.2 Å². The molecule has 4 rings (SSSR count). The first-order valence-corrected chi connectivity index (χ1v) is 9.42. The van der Waals surface area contributed by atoms with Crippen LogP contribution in [0.4, 0.5) is 5.69 Å². The van der Waals surface area contributed by atoms with Crippen LogP contribution >= 0.6 is 11.6 Å². The molecule has 0 radical (unpaired) electrons. The van der Waals surface area contributed by atoms with Gasteiger partial charge in [-0.05, 0) is 35.9 Å². The summed E-state index contributed by atoms with van der Waals surface area (Å²) >= 11 is 5.95. The number of carbonyl (C=O) groups is 1. The van der Waals surface area contributed by atoms with Gasteiger partial charge in [-0.3, -0.25) is 14.6 Å². The third-order valence-corrected chi connectivity index (χ3v) is 5.02. The summed E-state index contributed by atoms with van der Waals surface area (Å²) in [5.74, 6) is 1.62. The van der Waals surface area contributed by atoms with Crippen LogP contribution in [0.5, 0.6) is 11.5 Å². The van der Waals surface area contributed by atoms with Gasteiger partial charge in [0.25, 0.3) is 0 Å². The standard InChI is InChI=1S/C20H22ClN3O3/c21-16-2-1-3-17(11-16)22-20(25)13-24-8-6-23(7-9-24)12-15-4-5-18-19(10-15)27-14-26-18/h1-5,10-11H,6-9,12-14H2,(H,22,25). The minimum Gasteiger partial charge on any atom is -0.454 e. The van der Waals surface area contributed by atoms with Crippen LogP contribution in [0, 0.1) is 0 Å². The molecular weight excluding hydrogens is 366 g/mol. The number of anilines is 1. The zero-order valence-corrected chi connectivity index (χ0v) is 15.7. The lowest BCUT2D eigenvalue weighted by Gasteiger charge is -2.34. The number of amides is 1. The summed E-state index contributed by atoms with van der Waals surface area (Å²) in [4.78, 5) is 16.8. The molecule has 1 N–H and O–H groups in total. The third-order valence-electron chi connectivity index (χ3n) is 4.78. The van der Waals surface area contributed by atoms with Crippen LogP contribution in [0.25, 0.3) is 0 Å². The van der Waals surface area contributed by atoms with Crippen molar-refractivity contribution in [3.63, 3.8) is 0 Å². The molecule has 2 aliphatic rings. The highest BCUT2D eigenvalue weighted by molar-refractivity contribution is 6.30. The summed E-state index contributed by atoms with van der Waals surface area (Å²) in [5, 5.41) is 3.52. The molecule has 2 heterocycles. The molecule has 0 unspecified atom stereocenters. The van der Waals surface area contributed by atoms with E-state index in [1.807, 2.05) is 24.3 Å². The van der Waals surface area contributed by atoms with Crippen molar-refractivity contribution in [3.8, 4) is 11.5 Å². The molecule has 0 saturated carbocycles. The maximum Gasteiger partial charge on any atom is 0.238 e. The number of piperazine rings is 1. The molecule has 0 aromatic heterocycles. The van der Waals surface area contributed by atoms with Crippen LogP contribution in [-0.4, -0.2) is 55.2 Å². The lowest BCUT2D eigenvalue weighted by atomic mass is 10.1. The second kappa shape index (κ2) is 8.17. The van der Waals surface area contributed by atoms with Gasteiger partial charge in [0.1, 0.15) is 0 Å². The fourth-order valence-corrected chi connectivity index (χ4v) is 3.56. The number of hydrogen-bond acceptors (Lipinski definition) is 5. The highest BCUT2D eigenvalue weighted by atomic mass is 35.5. The molecule has 1 saturated heterocycles. The van der Waals surface area contributed by atoms with E-state index in [1.54, 1.807) is 12.1 Å². The van der Waals surface area contributed by atoms with Crippen molar-refractivity contribution in [3.05, 3.63) is 53.1 Å². The number of nitrogens with one attached hydrogen (secondary N) is 1. The summed E-state index contributed by atoms with van der Waals surface area (Å²) < 4.78 is 10.8. The number of hydrogen-bond donors (Lipinski definition) is 1.